The van der Waals surface area contributed by atoms with Crippen LogP contribution in [-0.4, -0.2) is 65.2 Å². The highest BCUT2D eigenvalue weighted by Gasteiger charge is 2.34. The molecule has 3 aromatic carbocycles. The normalized spacial score (nSPS) is 15.1. The molecule has 2 aliphatic heterocycles. The van der Waals surface area contributed by atoms with Crippen LogP contribution in [0.15, 0.2) is 60.7 Å². The van der Waals surface area contributed by atoms with Gasteiger partial charge in [0.25, 0.3) is 11.8 Å². The predicted octanol–water partition coefficient (Wildman–Crippen LogP) is 3.11. The molecular formula is C27H25N7O4. The van der Waals surface area contributed by atoms with Crippen molar-refractivity contribution in [1.82, 2.24) is 20.0 Å². The van der Waals surface area contributed by atoms with E-state index in [1.807, 2.05) is 41.3 Å². The Labute approximate surface area is 218 Å². The first-order valence-electron chi connectivity index (χ1n) is 12.2. The second-order valence-corrected chi connectivity index (χ2v) is 8.85. The molecule has 6 rings (SSSR count). The van der Waals surface area contributed by atoms with Gasteiger partial charge in [-0.05, 0) is 35.2 Å². The first kappa shape index (κ1) is 23.6. The number of aromatic nitrogens is 3. The highest BCUT2D eigenvalue weighted by molar-refractivity contribution is 6.25. The van der Waals surface area contributed by atoms with Gasteiger partial charge in [0.05, 0.1) is 31.5 Å². The Morgan fingerprint density at radius 2 is 1.53 bits per heavy atom. The van der Waals surface area contributed by atoms with Crippen LogP contribution < -0.4 is 20.4 Å². The summed E-state index contributed by atoms with van der Waals surface area (Å²) in [6.07, 6.45) is 0. The molecular weight excluding hydrogens is 486 g/mol. The molecule has 1 fully saturated rings. The quantitative estimate of drug-likeness (QED) is 0.358. The first-order chi connectivity index (χ1) is 18.6. The van der Waals surface area contributed by atoms with E-state index in [-0.39, 0.29) is 5.95 Å². The molecule has 4 aromatic rings. The van der Waals surface area contributed by atoms with Crippen molar-refractivity contribution in [2.45, 2.75) is 6.54 Å². The number of nitrogens with one attached hydrogen (secondary N) is 2. The number of morpholine rings is 1. The van der Waals surface area contributed by atoms with Gasteiger partial charge in [-0.2, -0.15) is 20.0 Å². The molecule has 11 nitrogen and oxygen atoms in total. The lowest BCUT2D eigenvalue weighted by atomic mass is 9.95. The van der Waals surface area contributed by atoms with Crippen molar-refractivity contribution < 1.29 is 19.1 Å². The maximum absolute atomic E-state index is 13.4. The van der Waals surface area contributed by atoms with Gasteiger partial charge in [0.2, 0.25) is 17.8 Å². The summed E-state index contributed by atoms with van der Waals surface area (Å²) in [5.41, 5.74) is 4.73. The van der Waals surface area contributed by atoms with Crippen LogP contribution in [0.25, 0.3) is 10.8 Å². The molecule has 0 unspecified atom stereocenters. The summed E-state index contributed by atoms with van der Waals surface area (Å²) >= 11 is 0. The van der Waals surface area contributed by atoms with E-state index in [0.29, 0.717) is 61.3 Å². The fourth-order valence-corrected chi connectivity index (χ4v) is 4.56. The van der Waals surface area contributed by atoms with Crippen LogP contribution in [-0.2, 0) is 11.3 Å². The molecule has 0 saturated carbocycles. The van der Waals surface area contributed by atoms with Crippen molar-refractivity contribution in [3.05, 3.63) is 77.4 Å². The zero-order chi connectivity index (χ0) is 26.1. The standard InChI is InChI=1S/C27H25N7O4/c1-37-19-10-8-17(9-11-19)16-28-25-29-26(31-27(30-25)33-12-14-38-15-13-33)32-34-23(35)20-6-2-4-18-5-3-7-21(22(18)20)24(34)36/h2-11H,12-16H2,1H3,(H2,28,29,30,31,32). The average molecular weight is 512 g/mol. The molecule has 0 spiro atoms. The van der Waals surface area contributed by atoms with Gasteiger partial charge in [0.1, 0.15) is 5.75 Å². The van der Waals surface area contributed by atoms with E-state index in [9.17, 15) is 9.59 Å². The fraction of sp³-hybridized carbons (Fsp3) is 0.222. The molecule has 2 aliphatic rings. The van der Waals surface area contributed by atoms with Gasteiger partial charge in [-0.3, -0.25) is 15.0 Å². The van der Waals surface area contributed by atoms with Crippen molar-refractivity contribution in [3.63, 3.8) is 0 Å². The molecule has 2 amide bonds. The topological polar surface area (TPSA) is 122 Å². The molecule has 0 bridgehead atoms. The summed E-state index contributed by atoms with van der Waals surface area (Å²) in [6, 6.07) is 18.4. The Hall–Kier alpha value is -4.77. The minimum absolute atomic E-state index is 0.0759. The number of hydrogen-bond acceptors (Lipinski definition) is 10. The largest absolute Gasteiger partial charge is 0.497 e. The number of rotatable bonds is 7. The number of imide groups is 1. The molecule has 38 heavy (non-hydrogen) atoms. The van der Waals surface area contributed by atoms with Crippen molar-refractivity contribution in [3.8, 4) is 5.75 Å². The number of amides is 2. The van der Waals surface area contributed by atoms with Crippen molar-refractivity contribution in [2.75, 3.05) is 49.1 Å². The lowest BCUT2D eigenvalue weighted by Gasteiger charge is -2.29. The summed E-state index contributed by atoms with van der Waals surface area (Å²) in [6.45, 7) is 2.77. The number of nitrogens with zero attached hydrogens (tertiary/aromatic N) is 5. The zero-order valence-corrected chi connectivity index (χ0v) is 20.7. The predicted molar refractivity (Wildman–Crippen MR) is 141 cm³/mol. The fourth-order valence-electron chi connectivity index (χ4n) is 4.56. The Morgan fingerprint density at radius 3 is 2.18 bits per heavy atom. The maximum Gasteiger partial charge on any atom is 0.280 e. The number of hydrogen-bond donors (Lipinski definition) is 2. The lowest BCUT2D eigenvalue weighted by Crippen LogP contribution is -2.45. The Morgan fingerprint density at radius 1 is 0.868 bits per heavy atom. The minimum atomic E-state index is -0.472. The third kappa shape index (κ3) is 4.43. The van der Waals surface area contributed by atoms with E-state index >= 15 is 0 Å². The van der Waals surface area contributed by atoms with Gasteiger partial charge in [0, 0.05) is 25.0 Å². The molecule has 2 N–H and O–H groups in total. The van der Waals surface area contributed by atoms with Crippen molar-refractivity contribution in [2.24, 2.45) is 0 Å². The number of methoxy groups -OCH3 is 1. The van der Waals surface area contributed by atoms with E-state index in [1.165, 1.54) is 0 Å². The molecule has 1 saturated heterocycles. The summed E-state index contributed by atoms with van der Waals surface area (Å²) in [4.78, 5) is 42.3. The molecule has 1 aromatic heterocycles. The van der Waals surface area contributed by atoms with Crippen LogP contribution in [0.5, 0.6) is 5.75 Å². The van der Waals surface area contributed by atoms with Crippen LogP contribution in [0.4, 0.5) is 17.8 Å². The summed E-state index contributed by atoms with van der Waals surface area (Å²) in [7, 11) is 1.62. The van der Waals surface area contributed by atoms with E-state index in [2.05, 4.69) is 25.7 Å². The number of anilines is 3. The monoisotopic (exact) mass is 511 g/mol. The molecule has 192 valence electrons. The summed E-state index contributed by atoms with van der Waals surface area (Å²) in [5, 5.41) is 5.66. The highest BCUT2D eigenvalue weighted by atomic mass is 16.5. The van der Waals surface area contributed by atoms with Crippen LogP contribution in [0.3, 0.4) is 0 Å². The summed E-state index contributed by atoms with van der Waals surface area (Å²) in [5.74, 6) is 0.623. The Bertz CT molecular complexity index is 1470. The summed E-state index contributed by atoms with van der Waals surface area (Å²) < 4.78 is 10.7. The number of carbonyl (C=O) groups is 2. The number of ether oxygens (including phenoxy) is 2. The number of hydrazine groups is 1. The van der Waals surface area contributed by atoms with E-state index < -0.39 is 11.8 Å². The SMILES string of the molecule is COc1ccc(CNc2nc(NN3C(=O)c4cccc5cccc(c45)C3=O)nc(N3CCOCC3)n2)cc1. The average Bonchev–Trinajstić information content (AvgIpc) is 2.97. The Kier molecular flexibility index (Phi) is 6.18. The highest BCUT2D eigenvalue weighted by Crippen LogP contribution is 2.30. The van der Waals surface area contributed by atoms with Crippen molar-refractivity contribution >= 4 is 40.4 Å². The lowest BCUT2D eigenvalue weighted by molar-refractivity contribution is 0.0647. The van der Waals surface area contributed by atoms with Crippen LogP contribution >= 0.6 is 0 Å². The molecule has 0 atom stereocenters. The smallest absolute Gasteiger partial charge is 0.280 e. The van der Waals surface area contributed by atoms with Crippen LogP contribution in [0.1, 0.15) is 26.3 Å². The van der Waals surface area contributed by atoms with Crippen LogP contribution in [0, 0.1) is 0 Å². The van der Waals surface area contributed by atoms with Gasteiger partial charge in [0.15, 0.2) is 0 Å². The van der Waals surface area contributed by atoms with Gasteiger partial charge in [-0.15, -0.1) is 0 Å². The number of carbonyl (C=O) groups excluding carboxylic acids is 2. The Balaban J connectivity index is 1.30. The van der Waals surface area contributed by atoms with E-state index in [4.69, 9.17) is 9.47 Å². The second-order valence-electron chi connectivity index (χ2n) is 8.85. The second kappa shape index (κ2) is 9.94. The molecule has 0 radical (unpaired) electrons. The third-order valence-corrected chi connectivity index (χ3v) is 6.51. The van der Waals surface area contributed by atoms with Gasteiger partial charge >= 0.3 is 0 Å². The zero-order valence-electron chi connectivity index (χ0n) is 20.7. The molecule has 11 heteroatoms. The van der Waals surface area contributed by atoms with E-state index in [0.717, 1.165) is 21.7 Å². The maximum atomic E-state index is 13.4. The third-order valence-electron chi connectivity index (χ3n) is 6.51. The van der Waals surface area contributed by atoms with Gasteiger partial charge < -0.3 is 19.7 Å². The van der Waals surface area contributed by atoms with Gasteiger partial charge in [-0.1, -0.05) is 36.4 Å². The van der Waals surface area contributed by atoms with Crippen molar-refractivity contribution in [1.29, 1.82) is 0 Å². The number of benzene rings is 3. The minimum Gasteiger partial charge on any atom is -0.497 e. The molecule has 0 aliphatic carbocycles. The van der Waals surface area contributed by atoms with Crippen LogP contribution in [0.2, 0.25) is 0 Å². The van der Waals surface area contributed by atoms with Gasteiger partial charge in [-0.25, -0.2) is 0 Å². The first-order valence-corrected chi connectivity index (χ1v) is 12.2. The molecule has 3 heterocycles. The van der Waals surface area contributed by atoms with E-state index in [1.54, 1.807) is 31.4 Å².